The molecule has 0 fully saturated rings. The second-order valence-corrected chi connectivity index (χ2v) is 12.4. The van der Waals surface area contributed by atoms with E-state index in [1.54, 1.807) is 12.4 Å². The van der Waals surface area contributed by atoms with Crippen molar-refractivity contribution in [3.8, 4) is 44.8 Å². The molecule has 0 bridgehead atoms. The topological polar surface area (TPSA) is 51.6 Å². The number of hydrogen-bond acceptors (Lipinski definition) is 4. The molecule has 8 aromatic rings. The highest BCUT2D eigenvalue weighted by molar-refractivity contribution is 6.04. The average Bonchev–Trinajstić information content (AvgIpc) is 3.33. The van der Waals surface area contributed by atoms with Crippen LogP contribution in [0.3, 0.4) is 0 Å². The van der Waals surface area contributed by atoms with Crippen LogP contribution in [0.15, 0.2) is 134 Å². The minimum Gasteiger partial charge on any atom is -0.253 e. The molecule has 45 heavy (non-hydrogen) atoms. The molecule has 0 N–H and O–H groups in total. The normalized spacial score (nSPS) is 13.3. The van der Waals surface area contributed by atoms with Crippen molar-refractivity contribution >= 4 is 32.8 Å². The van der Waals surface area contributed by atoms with Crippen LogP contribution < -0.4 is 0 Å². The Hall–Kier alpha value is -5.74. The van der Waals surface area contributed by atoms with Gasteiger partial charge in [0.05, 0.1) is 33.5 Å². The lowest BCUT2D eigenvalue weighted by Crippen LogP contribution is -2.14. The largest absolute Gasteiger partial charge is 0.253 e. The lowest BCUT2D eigenvalue weighted by molar-refractivity contribution is 0.660. The van der Waals surface area contributed by atoms with Gasteiger partial charge in [-0.2, -0.15) is 0 Å². The lowest BCUT2D eigenvalue weighted by Gasteiger charge is -2.21. The predicted molar refractivity (Wildman–Crippen MR) is 184 cm³/mol. The van der Waals surface area contributed by atoms with Crippen LogP contribution in [-0.2, 0) is 5.41 Å². The Morgan fingerprint density at radius 2 is 1.04 bits per heavy atom. The Balaban J connectivity index is 1.14. The number of pyridine rings is 2. The molecule has 3 aromatic heterocycles. The number of fused-ring (bicyclic) bond motifs is 7. The summed E-state index contributed by atoms with van der Waals surface area (Å²) in [6.45, 7) is 4.63. The Bertz CT molecular complexity index is 2480. The summed E-state index contributed by atoms with van der Waals surface area (Å²) in [5.74, 6) is 0. The van der Waals surface area contributed by atoms with Crippen molar-refractivity contribution in [2.75, 3.05) is 0 Å². The van der Waals surface area contributed by atoms with Gasteiger partial charge >= 0.3 is 0 Å². The van der Waals surface area contributed by atoms with Gasteiger partial charge in [0.15, 0.2) is 0 Å². The van der Waals surface area contributed by atoms with E-state index in [9.17, 15) is 0 Å². The van der Waals surface area contributed by atoms with Gasteiger partial charge in [-0.05, 0) is 69.8 Å². The zero-order valence-corrected chi connectivity index (χ0v) is 25.0. The van der Waals surface area contributed by atoms with Gasteiger partial charge in [0.1, 0.15) is 0 Å². The molecule has 1 aliphatic carbocycles. The molecular formula is C41H28N4. The predicted octanol–water partition coefficient (Wildman–Crippen LogP) is 10.0. The first kappa shape index (κ1) is 25.7. The number of rotatable bonds is 3. The zero-order chi connectivity index (χ0) is 30.1. The van der Waals surface area contributed by atoms with Crippen LogP contribution in [0.1, 0.15) is 25.0 Å². The summed E-state index contributed by atoms with van der Waals surface area (Å²) in [7, 11) is 0. The maximum Gasteiger partial charge on any atom is 0.0972 e. The van der Waals surface area contributed by atoms with Crippen LogP contribution in [-0.4, -0.2) is 19.9 Å². The van der Waals surface area contributed by atoms with Crippen molar-refractivity contribution in [3.05, 3.63) is 145 Å². The third kappa shape index (κ3) is 4.06. The third-order valence-electron chi connectivity index (χ3n) is 9.36. The van der Waals surface area contributed by atoms with E-state index in [-0.39, 0.29) is 5.41 Å². The van der Waals surface area contributed by atoms with Crippen molar-refractivity contribution < 1.29 is 0 Å². The first-order valence-corrected chi connectivity index (χ1v) is 15.3. The number of nitrogens with zero attached hydrogens (tertiary/aromatic N) is 4. The van der Waals surface area contributed by atoms with Crippen LogP contribution in [0.5, 0.6) is 0 Å². The lowest BCUT2D eigenvalue weighted by atomic mass is 9.82. The van der Waals surface area contributed by atoms with Gasteiger partial charge < -0.3 is 0 Å². The maximum absolute atomic E-state index is 5.25. The first-order chi connectivity index (χ1) is 22.0. The molecule has 0 unspecified atom stereocenters. The Morgan fingerprint density at radius 3 is 1.82 bits per heavy atom. The second kappa shape index (κ2) is 9.63. The molecule has 0 atom stereocenters. The highest BCUT2D eigenvalue weighted by Crippen LogP contribution is 2.49. The smallest absolute Gasteiger partial charge is 0.0972 e. The van der Waals surface area contributed by atoms with Crippen LogP contribution in [0.4, 0.5) is 0 Å². The van der Waals surface area contributed by atoms with E-state index in [0.717, 1.165) is 66.5 Å². The molecule has 212 valence electrons. The van der Waals surface area contributed by atoms with Crippen LogP contribution in [0, 0.1) is 0 Å². The van der Waals surface area contributed by atoms with E-state index in [2.05, 4.69) is 139 Å². The standard InChI is InChI=1S/C41H28N4/c1-41(2)33-9-4-3-8-31(33)32-16-12-30(23-34(32)41)36-18-14-26-11-10-25-13-17-35(44-39(25)40(26)45-36)29-7-5-6-27(22-29)28-15-19-37-38(24-28)43-21-20-42-37/h3-24H,1-2H3. The fourth-order valence-corrected chi connectivity index (χ4v) is 6.95. The minimum absolute atomic E-state index is 0.0588. The molecule has 5 aromatic carbocycles. The summed E-state index contributed by atoms with van der Waals surface area (Å²) < 4.78 is 0. The quantitative estimate of drug-likeness (QED) is 0.196. The molecular weight excluding hydrogens is 548 g/mol. The van der Waals surface area contributed by atoms with Gasteiger partial charge in [-0.3, -0.25) is 9.97 Å². The molecule has 3 heterocycles. The van der Waals surface area contributed by atoms with Gasteiger partial charge in [-0.25, -0.2) is 9.97 Å². The van der Waals surface area contributed by atoms with Crippen LogP contribution in [0.25, 0.3) is 77.6 Å². The molecule has 1 aliphatic rings. The molecule has 9 rings (SSSR count). The molecule has 0 amide bonds. The van der Waals surface area contributed by atoms with Crippen molar-refractivity contribution in [2.24, 2.45) is 0 Å². The van der Waals surface area contributed by atoms with Crippen molar-refractivity contribution in [1.82, 2.24) is 19.9 Å². The second-order valence-electron chi connectivity index (χ2n) is 12.4. The average molecular weight is 577 g/mol. The summed E-state index contributed by atoms with van der Waals surface area (Å²) in [5.41, 5.74) is 15.2. The Morgan fingerprint density at radius 1 is 0.444 bits per heavy atom. The zero-order valence-electron chi connectivity index (χ0n) is 25.0. The summed E-state index contributed by atoms with van der Waals surface area (Å²) >= 11 is 0. The number of aromatic nitrogens is 4. The molecule has 4 heteroatoms. The van der Waals surface area contributed by atoms with Crippen molar-refractivity contribution in [3.63, 3.8) is 0 Å². The number of hydrogen-bond donors (Lipinski definition) is 0. The number of benzene rings is 5. The molecule has 0 radical (unpaired) electrons. The van der Waals surface area contributed by atoms with Crippen molar-refractivity contribution in [1.29, 1.82) is 0 Å². The Labute approximate surface area is 261 Å². The van der Waals surface area contributed by atoms with E-state index in [0.29, 0.717) is 0 Å². The first-order valence-electron chi connectivity index (χ1n) is 15.3. The SMILES string of the molecule is CC1(C)c2ccccc2-c2ccc(-c3ccc4ccc5ccc(-c6cccc(-c7ccc8nccnc8c7)c6)nc5c4n3)cc21. The summed E-state index contributed by atoms with van der Waals surface area (Å²) in [6, 6.07) is 43.1. The molecule has 0 saturated carbocycles. The van der Waals surface area contributed by atoms with Crippen molar-refractivity contribution in [2.45, 2.75) is 19.3 Å². The molecule has 4 nitrogen and oxygen atoms in total. The van der Waals surface area contributed by atoms with E-state index in [4.69, 9.17) is 9.97 Å². The minimum atomic E-state index is -0.0588. The van der Waals surface area contributed by atoms with Gasteiger partial charge in [0.2, 0.25) is 0 Å². The summed E-state index contributed by atoms with van der Waals surface area (Å²) in [4.78, 5) is 19.4. The fourth-order valence-electron chi connectivity index (χ4n) is 6.95. The van der Waals surface area contributed by atoms with E-state index in [1.807, 2.05) is 6.07 Å². The molecule has 0 spiro atoms. The van der Waals surface area contributed by atoms with E-state index < -0.39 is 0 Å². The molecule has 0 saturated heterocycles. The van der Waals surface area contributed by atoms with Gasteiger partial charge in [-0.15, -0.1) is 0 Å². The van der Waals surface area contributed by atoms with E-state index >= 15 is 0 Å². The van der Waals surface area contributed by atoms with Crippen LogP contribution >= 0.6 is 0 Å². The molecule has 0 aliphatic heterocycles. The monoisotopic (exact) mass is 576 g/mol. The third-order valence-corrected chi connectivity index (χ3v) is 9.36. The van der Waals surface area contributed by atoms with Gasteiger partial charge in [0.25, 0.3) is 0 Å². The summed E-state index contributed by atoms with van der Waals surface area (Å²) in [5, 5.41) is 2.15. The van der Waals surface area contributed by atoms with E-state index in [1.165, 1.54) is 22.3 Å². The Kier molecular flexibility index (Phi) is 5.51. The van der Waals surface area contributed by atoms with Gasteiger partial charge in [-0.1, -0.05) is 98.8 Å². The maximum atomic E-state index is 5.25. The van der Waals surface area contributed by atoms with Gasteiger partial charge in [0, 0.05) is 39.7 Å². The highest BCUT2D eigenvalue weighted by Gasteiger charge is 2.35. The highest BCUT2D eigenvalue weighted by atomic mass is 14.8. The summed E-state index contributed by atoms with van der Waals surface area (Å²) in [6.07, 6.45) is 3.45. The fraction of sp³-hybridized carbons (Fsp3) is 0.0732. The van der Waals surface area contributed by atoms with Crippen LogP contribution in [0.2, 0.25) is 0 Å².